The van der Waals surface area contributed by atoms with E-state index in [4.69, 9.17) is 16.3 Å². The zero-order valence-electron chi connectivity index (χ0n) is 17.5. The Morgan fingerprint density at radius 2 is 2.06 bits per heavy atom. The Morgan fingerprint density at radius 1 is 1.19 bits per heavy atom. The van der Waals surface area contributed by atoms with Crippen LogP contribution in [0.3, 0.4) is 0 Å². The van der Waals surface area contributed by atoms with Crippen molar-refractivity contribution in [1.29, 1.82) is 0 Å². The third-order valence-electron chi connectivity index (χ3n) is 5.85. The third kappa shape index (κ3) is 4.01. The second-order valence-electron chi connectivity index (χ2n) is 8.04. The van der Waals surface area contributed by atoms with Crippen LogP contribution in [-0.2, 0) is 22.6 Å². The highest BCUT2D eigenvalue weighted by atomic mass is 35.5. The van der Waals surface area contributed by atoms with Crippen molar-refractivity contribution < 1.29 is 9.53 Å². The minimum absolute atomic E-state index is 0.0475. The van der Waals surface area contributed by atoms with E-state index in [2.05, 4.69) is 10.4 Å². The molecule has 1 aliphatic rings. The van der Waals surface area contributed by atoms with Gasteiger partial charge in [-0.3, -0.25) is 9.59 Å². The van der Waals surface area contributed by atoms with Gasteiger partial charge in [0.25, 0.3) is 5.56 Å². The molecule has 0 saturated carbocycles. The van der Waals surface area contributed by atoms with Crippen LogP contribution in [0, 0.1) is 0 Å². The molecule has 2 aromatic carbocycles. The number of para-hydroxylation sites is 1. The number of hydrogen-bond acceptors (Lipinski definition) is 4. The summed E-state index contributed by atoms with van der Waals surface area (Å²) in [5.74, 6) is -0.257. The van der Waals surface area contributed by atoms with Crippen molar-refractivity contribution in [2.24, 2.45) is 0 Å². The monoisotopic (exact) mass is 450 g/mol. The lowest BCUT2D eigenvalue weighted by Crippen LogP contribution is -2.37. The molecule has 2 aromatic heterocycles. The maximum Gasteiger partial charge on any atom is 0.291 e. The van der Waals surface area contributed by atoms with Crippen LogP contribution < -0.4 is 10.9 Å². The summed E-state index contributed by atoms with van der Waals surface area (Å²) in [7, 11) is 0. The zero-order chi connectivity index (χ0) is 22.1. The highest BCUT2D eigenvalue weighted by molar-refractivity contribution is 6.30. The topological polar surface area (TPSA) is 78.2 Å². The lowest BCUT2D eigenvalue weighted by atomic mass is 10.2. The van der Waals surface area contributed by atoms with E-state index in [1.54, 1.807) is 6.20 Å². The van der Waals surface area contributed by atoms with Crippen LogP contribution >= 0.6 is 11.6 Å². The molecule has 8 heteroatoms. The molecule has 7 nitrogen and oxygen atoms in total. The predicted octanol–water partition coefficient (Wildman–Crippen LogP) is 3.35. The number of carbonyl (C=O) groups is 1. The van der Waals surface area contributed by atoms with Gasteiger partial charge in [0, 0.05) is 41.0 Å². The van der Waals surface area contributed by atoms with Crippen molar-refractivity contribution in [3.63, 3.8) is 0 Å². The van der Waals surface area contributed by atoms with Crippen LogP contribution in [0.5, 0.6) is 0 Å². The quantitative estimate of drug-likeness (QED) is 0.488. The number of nitrogens with one attached hydrogen (secondary N) is 1. The van der Waals surface area contributed by atoms with E-state index in [0.29, 0.717) is 23.6 Å². The van der Waals surface area contributed by atoms with Gasteiger partial charge < -0.3 is 14.6 Å². The zero-order valence-corrected chi connectivity index (χ0v) is 18.2. The molecule has 3 heterocycles. The highest BCUT2D eigenvalue weighted by Gasteiger charge is 2.19. The predicted molar refractivity (Wildman–Crippen MR) is 124 cm³/mol. The molecular weight excluding hydrogens is 428 g/mol. The van der Waals surface area contributed by atoms with E-state index >= 15 is 0 Å². The van der Waals surface area contributed by atoms with E-state index in [1.165, 1.54) is 4.68 Å². The second kappa shape index (κ2) is 8.76. The molecule has 1 fully saturated rings. The molecule has 1 amide bonds. The van der Waals surface area contributed by atoms with E-state index < -0.39 is 0 Å². The van der Waals surface area contributed by atoms with Gasteiger partial charge in [0.2, 0.25) is 5.91 Å². The van der Waals surface area contributed by atoms with Crippen molar-refractivity contribution in [2.75, 3.05) is 13.2 Å². The normalized spacial score (nSPS) is 16.1. The Hall–Kier alpha value is -3.16. The van der Waals surface area contributed by atoms with Crippen LogP contribution in [0.2, 0.25) is 5.02 Å². The maximum atomic E-state index is 13.4. The van der Waals surface area contributed by atoms with Gasteiger partial charge in [-0.15, -0.1) is 0 Å². The van der Waals surface area contributed by atoms with Crippen molar-refractivity contribution >= 4 is 39.3 Å². The number of amides is 1. The first-order valence-electron chi connectivity index (χ1n) is 10.7. The number of benzene rings is 2. The van der Waals surface area contributed by atoms with Gasteiger partial charge in [-0.1, -0.05) is 41.9 Å². The Morgan fingerprint density at radius 3 is 2.88 bits per heavy atom. The number of rotatable bonds is 6. The van der Waals surface area contributed by atoms with Gasteiger partial charge in [0.15, 0.2) is 0 Å². The molecule has 0 spiro atoms. The minimum Gasteiger partial charge on any atom is -0.376 e. The van der Waals surface area contributed by atoms with Crippen molar-refractivity contribution in [3.8, 4) is 0 Å². The summed E-state index contributed by atoms with van der Waals surface area (Å²) in [4.78, 5) is 25.9. The van der Waals surface area contributed by atoms with Gasteiger partial charge in [-0.25, -0.2) is 4.68 Å². The molecule has 0 unspecified atom stereocenters. The average Bonchev–Trinajstić information content (AvgIpc) is 3.42. The summed E-state index contributed by atoms with van der Waals surface area (Å²) in [6.45, 7) is 1.52. The lowest BCUT2D eigenvalue weighted by Gasteiger charge is -2.12. The van der Waals surface area contributed by atoms with Gasteiger partial charge >= 0.3 is 0 Å². The summed E-state index contributed by atoms with van der Waals surface area (Å²) in [6, 6.07) is 15.4. The highest BCUT2D eigenvalue weighted by Crippen LogP contribution is 2.27. The van der Waals surface area contributed by atoms with Gasteiger partial charge in [-0.2, -0.15) is 5.10 Å². The number of halogens is 1. The first-order chi connectivity index (χ1) is 15.6. The fourth-order valence-electron chi connectivity index (χ4n) is 4.31. The number of fused-ring (bicyclic) bond motifs is 3. The van der Waals surface area contributed by atoms with Crippen molar-refractivity contribution in [3.05, 3.63) is 75.7 Å². The van der Waals surface area contributed by atoms with E-state index in [0.717, 1.165) is 41.3 Å². The number of hydrogen-bond donors (Lipinski definition) is 1. The average molecular weight is 451 g/mol. The molecule has 1 saturated heterocycles. The third-order valence-corrected chi connectivity index (χ3v) is 6.08. The van der Waals surface area contributed by atoms with Crippen LogP contribution in [0.1, 0.15) is 18.4 Å². The standard InChI is InChI=1S/C24H23ClN4O3/c25-17-6-3-5-16(11-17)14-28-21-9-2-1-8-19(21)20-13-27-29(24(31)23(20)28)15-22(30)26-12-18-7-4-10-32-18/h1-3,5-6,8-9,11,13,18H,4,7,10,12,14-15H2,(H,26,30)/t18-/m1/s1. The molecule has 32 heavy (non-hydrogen) atoms. The number of carbonyl (C=O) groups excluding carboxylic acids is 1. The fourth-order valence-corrected chi connectivity index (χ4v) is 4.53. The first kappa shape index (κ1) is 20.7. The molecule has 5 rings (SSSR count). The number of aromatic nitrogens is 3. The Kier molecular flexibility index (Phi) is 5.68. The molecule has 0 bridgehead atoms. The summed E-state index contributed by atoms with van der Waals surface area (Å²) >= 11 is 6.17. The number of ether oxygens (including phenoxy) is 1. The molecule has 164 valence electrons. The SMILES string of the molecule is O=C(Cn1ncc2c3ccccc3n(Cc3cccc(Cl)c3)c2c1=O)NC[C@H]1CCCO1. The largest absolute Gasteiger partial charge is 0.376 e. The Bertz CT molecular complexity index is 1350. The molecule has 0 radical (unpaired) electrons. The van der Waals surface area contributed by atoms with E-state index in [1.807, 2.05) is 53.1 Å². The summed E-state index contributed by atoms with van der Waals surface area (Å²) in [5.41, 5.74) is 2.14. The van der Waals surface area contributed by atoms with Crippen molar-refractivity contribution in [1.82, 2.24) is 19.7 Å². The maximum absolute atomic E-state index is 13.4. The molecule has 1 N–H and O–H groups in total. The summed E-state index contributed by atoms with van der Waals surface area (Å²) in [5, 5.41) is 9.50. The summed E-state index contributed by atoms with van der Waals surface area (Å²) < 4.78 is 8.73. The summed E-state index contributed by atoms with van der Waals surface area (Å²) in [6.07, 6.45) is 3.66. The van der Waals surface area contributed by atoms with Crippen molar-refractivity contribution in [2.45, 2.75) is 32.0 Å². The van der Waals surface area contributed by atoms with Crippen LogP contribution in [-0.4, -0.2) is 39.5 Å². The molecule has 1 atom stereocenters. The Balaban J connectivity index is 1.51. The van der Waals surface area contributed by atoms with Crippen LogP contribution in [0.4, 0.5) is 0 Å². The van der Waals surface area contributed by atoms with Gasteiger partial charge in [0.05, 0.1) is 12.3 Å². The van der Waals surface area contributed by atoms with Crippen LogP contribution in [0.25, 0.3) is 21.8 Å². The molecule has 4 aromatic rings. The molecule has 1 aliphatic heterocycles. The van der Waals surface area contributed by atoms with E-state index in [9.17, 15) is 9.59 Å². The van der Waals surface area contributed by atoms with E-state index in [-0.39, 0.29) is 24.1 Å². The lowest BCUT2D eigenvalue weighted by molar-refractivity contribution is -0.122. The minimum atomic E-state index is -0.298. The first-order valence-corrected chi connectivity index (χ1v) is 11.1. The van der Waals surface area contributed by atoms with Crippen LogP contribution in [0.15, 0.2) is 59.5 Å². The Labute approximate surface area is 189 Å². The number of nitrogens with zero attached hydrogens (tertiary/aromatic N) is 3. The fraction of sp³-hybridized carbons (Fsp3) is 0.292. The van der Waals surface area contributed by atoms with Gasteiger partial charge in [-0.05, 0) is 36.6 Å². The molecular formula is C24H23ClN4O3. The van der Waals surface area contributed by atoms with Gasteiger partial charge in [0.1, 0.15) is 12.1 Å². The molecule has 0 aliphatic carbocycles. The second-order valence-corrected chi connectivity index (χ2v) is 8.48. The smallest absolute Gasteiger partial charge is 0.291 e.